The monoisotopic (exact) mass is 266 g/mol. The summed E-state index contributed by atoms with van der Waals surface area (Å²) in [6.45, 7) is 3.02. The molecule has 19 heavy (non-hydrogen) atoms. The molecular weight excluding hydrogens is 247 g/mol. The van der Waals surface area contributed by atoms with Gasteiger partial charge in [-0.05, 0) is 49.8 Å². The third-order valence-electron chi connectivity index (χ3n) is 3.61. The molecule has 1 atom stereocenters. The highest BCUT2D eigenvalue weighted by molar-refractivity contribution is 5.35. The van der Waals surface area contributed by atoms with Gasteiger partial charge in [-0.3, -0.25) is 10.1 Å². The number of aryl methyl sites for hydroxylation is 1. The summed E-state index contributed by atoms with van der Waals surface area (Å²) in [5.74, 6) is 0.0109. The van der Waals surface area contributed by atoms with Crippen molar-refractivity contribution in [2.24, 2.45) is 5.92 Å². The molecule has 0 radical (unpaired) electrons. The molecule has 1 aliphatic rings. The normalized spacial score (nSPS) is 16.3. The molecule has 2 rings (SSSR count). The van der Waals surface area contributed by atoms with Crippen LogP contribution in [-0.2, 0) is 6.42 Å². The lowest BCUT2D eigenvalue weighted by atomic mass is 10.0. The minimum Gasteiger partial charge on any atom is -0.314 e. The Labute approximate surface area is 112 Å². The number of rotatable bonds is 7. The number of hydrogen-bond donors (Lipinski definition) is 1. The Morgan fingerprint density at radius 1 is 1.53 bits per heavy atom. The first-order valence-corrected chi connectivity index (χ1v) is 6.78. The van der Waals surface area contributed by atoms with Gasteiger partial charge in [0, 0.05) is 12.1 Å². The topological polar surface area (TPSA) is 55.2 Å². The summed E-state index contributed by atoms with van der Waals surface area (Å²) in [6, 6.07) is 4.68. The zero-order chi connectivity index (χ0) is 13.8. The van der Waals surface area contributed by atoms with Crippen LogP contribution in [0.3, 0.4) is 0 Å². The van der Waals surface area contributed by atoms with Gasteiger partial charge < -0.3 is 5.32 Å². The summed E-state index contributed by atoms with van der Waals surface area (Å²) in [5.41, 5.74) is 0.376. The third kappa shape index (κ3) is 3.73. The van der Waals surface area contributed by atoms with Crippen LogP contribution in [0.2, 0.25) is 0 Å². The predicted octanol–water partition coefficient (Wildman–Crippen LogP) is 3.05. The van der Waals surface area contributed by atoms with E-state index in [4.69, 9.17) is 0 Å². The van der Waals surface area contributed by atoms with E-state index >= 15 is 0 Å². The predicted molar refractivity (Wildman–Crippen MR) is 71.6 cm³/mol. The maximum Gasteiger partial charge on any atom is 0.304 e. The van der Waals surface area contributed by atoms with E-state index in [1.807, 2.05) is 0 Å². The van der Waals surface area contributed by atoms with Crippen molar-refractivity contribution in [2.45, 2.75) is 38.6 Å². The van der Waals surface area contributed by atoms with Crippen LogP contribution < -0.4 is 5.32 Å². The summed E-state index contributed by atoms with van der Waals surface area (Å²) >= 11 is 0. The Hall–Kier alpha value is -1.49. The molecule has 0 heterocycles. The zero-order valence-corrected chi connectivity index (χ0v) is 11.1. The molecule has 0 aliphatic heterocycles. The van der Waals surface area contributed by atoms with E-state index in [1.54, 1.807) is 6.07 Å². The first-order chi connectivity index (χ1) is 9.11. The molecule has 0 bridgehead atoms. The highest BCUT2D eigenvalue weighted by Gasteiger charge is 2.30. The molecule has 1 unspecified atom stereocenters. The molecule has 1 N–H and O–H groups in total. The fraction of sp³-hybridized carbons (Fsp3) is 0.571. The van der Waals surface area contributed by atoms with Crippen molar-refractivity contribution >= 4 is 5.69 Å². The first-order valence-electron chi connectivity index (χ1n) is 6.78. The highest BCUT2D eigenvalue weighted by Crippen LogP contribution is 2.34. The molecule has 1 aliphatic carbocycles. The summed E-state index contributed by atoms with van der Waals surface area (Å²) in [6.07, 6.45) is 4.25. The van der Waals surface area contributed by atoms with E-state index in [0.717, 1.165) is 30.9 Å². The highest BCUT2D eigenvalue weighted by atomic mass is 19.1. The van der Waals surface area contributed by atoms with Gasteiger partial charge in [0.2, 0.25) is 5.82 Å². The van der Waals surface area contributed by atoms with Gasteiger partial charge in [0.15, 0.2) is 0 Å². The molecule has 0 aromatic heterocycles. The van der Waals surface area contributed by atoms with Gasteiger partial charge in [-0.25, -0.2) is 0 Å². The summed E-state index contributed by atoms with van der Waals surface area (Å²) in [5, 5.41) is 14.0. The fourth-order valence-corrected chi connectivity index (χ4v) is 2.44. The quantitative estimate of drug-likeness (QED) is 0.609. The van der Waals surface area contributed by atoms with Crippen molar-refractivity contribution in [3.05, 3.63) is 39.7 Å². The largest absolute Gasteiger partial charge is 0.314 e. The summed E-state index contributed by atoms with van der Waals surface area (Å²) < 4.78 is 13.5. The van der Waals surface area contributed by atoms with Crippen LogP contribution in [0.5, 0.6) is 0 Å². The third-order valence-corrected chi connectivity index (χ3v) is 3.61. The van der Waals surface area contributed by atoms with Crippen LogP contribution in [0.1, 0.15) is 31.7 Å². The molecule has 1 fully saturated rings. The van der Waals surface area contributed by atoms with Gasteiger partial charge >= 0.3 is 5.69 Å². The molecule has 0 spiro atoms. The Balaban J connectivity index is 1.95. The SMILES string of the molecule is CCNC(CCc1ccc([N+](=O)[O-])c(F)c1)C1CC1. The second kappa shape index (κ2) is 6.10. The van der Waals surface area contributed by atoms with E-state index in [1.165, 1.54) is 25.0 Å². The minimum atomic E-state index is -0.742. The van der Waals surface area contributed by atoms with Gasteiger partial charge in [0.1, 0.15) is 0 Å². The van der Waals surface area contributed by atoms with Crippen LogP contribution in [0, 0.1) is 21.8 Å². The number of nitro groups is 1. The molecule has 0 saturated heterocycles. The minimum absolute atomic E-state index is 0.450. The van der Waals surface area contributed by atoms with Gasteiger partial charge in [0.05, 0.1) is 4.92 Å². The zero-order valence-electron chi connectivity index (χ0n) is 11.1. The number of hydrogen-bond acceptors (Lipinski definition) is 3. The second-order valence-electron chi connectivity index (χ2n) is 5.08. The van der Waals surface area contributed by atoms with Gasteiger partial charge in [-0.2, -0.15) is 4.39 Å². The molecule has 104 valence electrons. The van der Waals surface area contributed by atoms with E-state index in [9.17, 15) is 14.5 Å². The maximum absolute atomic E-state index is 13.5. The van der Waals surface area contributed by atoms with Crippen molar-refractivity contribution < 1.29 is 9.31 Å². The Kier molecular flexibility index (Phi) is 4.47. The number of nitrogens with zero attached hydrogens (tertiary/aromatic N) is 1. The van der Waals surface area contributed by atoms with Gasteiger partial charge in [-0.15, -0.1) is 0 Å². The van der Waals surface area contributed by atoms with Crippen molar-refractivity contribution in [1.29, 1.82) is 0 Å². The van der Waals surface area contributed by atoms with E-state index < -0.39 is 16.4 Å². The van der Waals surface area contributed by atoms with Gasteiger partial charge in [0.25, 0.3) is 0 Å². The average Bonchev–Trinajstić information content (AvgIpc) is 3.18. The van der Waals surface area contributed by atoms with Crippen molar-refractivity contribution in [1.82, 2.24) is 5.32 Å². The number of nitrogens with one attached hydrogen (secondary N) is 1. The lowest BCUT2D eigenvalue weighted by molar-refractivity contribution is -0.387. The van der Waals surface area contributed by atoms with Gasteiger partial charge in [-0.1, -0.05) is 13.0 Å². The average molecular weight is 266 g/mol. The van der Waals surface area contributed by atoms with Crippen LogP contribution >= 0.6 is 0 Å². The Morgan fingerprint density at radius 3 is 2.79 bits per heavy atom. The van der Waals surface area contributed by atoms with Crippen molar-refractivity contribution in [3.8, 4) is 0 Å². The molecule has 1 saturated carbocycles. The molecule has 1 aromatic carbocycles. The van der Waals surface area contributed by atoms with E-state index in [0.29, 0.717) is 6.04 Å². The first kappa shape index (κ1) is 13.9. The van der Waals surface area contributed by atoms with Crippen molar-refractivity contribution in [3.63, 3.8) is 0 Å². The van der Waals surface area contributed by atoms with E-state index in [2.05, 4.69) is 12.2 Å². The van der Waals surface area contributed by atoms with E-state index in [-0.39, 0.29) is 0 Å². The van der Waals surface area contributed by atoms with Crippen LogP contribution in [0.25, 0.3) is 0 Å². The van der Waals surface area contributed by atoms with Crippen LogP contribution in [0.4, 0.5) is 10.1 Å². The second-order valence-corrected chi connectivity index (χ2v) is 5.08. The summed E-state index contributed by atoms with van der Waals surface area (Å²) in [7, 11) is 0. The number of benzene rings is 1. The Morgan fingerprint density at radius 2 is 2.26 bits per heavy atom. The molecule has 4 nitrogen and oxygen atoms in total. The standard InChI is InChI=1S/C14H19FN2O2/c1-2-16-13(11-5-6-11)7-3-10-4-8-14(17(18)19)12(15)9-10/h4,8-9,11,13,16H,2-3,5-7H2,1H3. The Bertz CT molecular complexity index is 461. The van der Waals surface area contributed by atoms with Crippen LogP contribution in [-0.4, -0.2) is 17.5 Å². The molecule has 5 heteroatoms. The van der Waals surface area contributed by atoms with Crippen molar-refractivity contribution in [2.75, 3.05) is 6.54 Å². The smallest absolute Gasteiger partial charge is 0.304 e. The maximum atomic E-state index is 13.5. The molecule has 0 amide bonds. The fourth-order valence-electron chi connectivity index (χ4n) is 2.44. The number of nitro benzene ring substituents is 1. The summed E-state index contributed by atoms with van der Waals surface area (Å²) in [4.78, 5) is 9.85. The molecule has 1 aromatic rings. The number of halogens is 1. The van der Waals surface area contributed by atoms with Crippen LogP contribution in [0.15, 0.2) is 18.2 Å². The lowest BCUT2D eigenvalue weighted by Crippen LogP contribution is -2.31. The lowest BCUT2D eigenvalue weighted by Gasteiger charge is -2.17. The molecular formula is C14H19FN2O2.